The first-order valence-electron chi connectivity index (χ1n) is 10.2. The van der Waals surface area contributed by atoms with Gasteiger partial charge in [-0.3, -0.25) is 4.99 Å². The number of fused-ring (bicyclic) bond motifs is 1. The Labute approximate surface area is 191 Å². The van der Waals surface area contributed by atoms with Crippen LogP contribution in [0.5, 0.6) is 0 Å². The fourth-order valence-corrected chi connectivity index (χ4v) is 5.07. The molecular formula is C21H25ClFN5O3S. The highest BCUT2D eigenvalue weighted by Gasteiger charge is 2.35. The second kappa shape index (κ2) is 8.02. The number of halogens is 2. The van der Waals surface area contributed by atoms with Gasteiger partial charge in [-0.05, 0) is 31.0 Å². The molecule has 2 aliphatic heterocycles. The van der Waals surface area contributed by atoms with Crippen molar-refractivity contribution < 1.29 is 17.9 Å². The minimum atomic E-state index is -3.37. The lowest BCUT2D eigenvalue weighted by Crippen LogP contribution is -2.51. The fraction of sp³-hybridized carbons (Fsp3) is 0.476. The average Bonchev–Trinajstić information content (AvgIpc) is 2.94. The van der Waals surface area contributed by atoms with E-state index < -0.39 is 33.4 Å². The Morgan fingerprint density at radius 3 is 2.72 bits per heavy atom. The maximum Gasteiger partial charge on any atom is 0.223 e. The quantitative estimate of drug-likeness (QED) is 0.694. The number of nitrogens with zero attached hydrogens (tertiary/aromatic N) is 4. The summed E-state index contributed by atoms with van der Waals surface area (Å²) in [6, 6.07) is 2.76. The van der Waals surface area contributed by atoms with Crippen LogP contribution < -0.4 is 5.32 Å². The lowest BCUT2D eigenvalue weighted by atomic mass is 9.81. The maximum atomic E-state index is 14.8. The molecule has 1 fully saturated rings. The number of benzene rings is 1. The van der Waals surface area contributed by atoms with E-state index in [-0.39, 0.29) is 24.1 Å². The predicted molar refractivity (Wildman–Crippen MR) is 123 cm³/mol. The van der Waals surface area contributed by atoms with Crippen LogP contribution in [0, 0.1) is 5.82 Å². The monoisotopic (exact) mass is 481 g/mol. The summed E-state index contributed by atoms with van der Waals surface area (Å²) in [5, 5.41) is 13.7. The first kappa shape index (κ1) is 23.0. The number of hydrogen-bond acceptors (Lipinski definition) is 7. The van der Waals surface area contributed by atoms with Gasteiger partial charge >= 0.3 is 0 Å². The molecule has 1 aromatic heterocycles. The number of aliphatic hydroxyl groups is 1. The van der Waals surface area contributed by atoms with Crippen LogP contribution in [0.25, 0.3) is 11.3 Å². The van der Waals surface area contributed by atoms with E-state index in [1.165, 1.54) is 16.6 Å². The van der Waals surface area contributed by atoms with Crippen molar-refractivity contribution in [2.24, 2.45) is 4.99 Å². The molecule has 0 unspecified atom stereocenters. The highest BCUT2D eigenvalue weighted by atomic mass is 35.5. The minimum absolute atomic E-state index is 0.0125. The topological polar surface area (TPSA) is 108 Å². The summed E-state index contributed by atoms with van der Waals surface area (Å²) in [7, 11) is -3.37. The molecule has 0 bridgehead atoms. The van der Waals surface area contributed by atoms with Gasteiger partial charge in [-0.15, -0.1) is 0 Å². The number of hydrogen-bond donors (Lipinski definition) is 2. The standard InChI is InChI=1S/C21H25ClFN5O3S/c1-11-21(2,3)13-7-12(8-15(23)19(13)25-11)18-14(22)9-24-20(27-18)26-16-5-6-28(10-17(16)29)32(4,30)31/h7-9,16-17,29H,5-6,10H2,1-4H3,(H,24,26,27)/t16-,17-/m1/s1. The molecule has 11 heteroatoms. The number of aromatic nitrogens is 2. The molecule has 32 heavy (non-hydrogen) atoms. The van der Waals surface area contributed by atoms with E-state index in [9.17, 15) is 17.9 Å². The zero-order valence-electron chi connectivity index (χ0n) is 18.2. The Hall–Kier alpha value is -2.14. The van der Waals surface area contributed by atoms with Crippen LogP contribution in [0.15, 0.2) is 23.3 Å². The Bertz CT molecular complexity index is 1220. The number of aliphatic hydroxyl groups excluding tert-OH is 1. The van der Waals surface area contributed by atoms with Crippen LogP contribution >= 0.6 is 11.6 Å². The Morgan fingerprint density at radius 1 is 1.34 bits per heavy atom. The van der Waals surface area contributed by atoms with Gasteiger partial charge in [0.1, 0.15) is 11.5 Å². The smallest absolute Gasteiger partial charge is 0.223 e. The van der Waals surface area contributed by atoms with Gasteiger partial charge in [0.2, 0.25) is 16.0 Å². The number of sulfonamides is 1. The number of rotatable bonds is 4. The Balaban J connectivity index is 1.62. The number of anilines is 1. The van der Waals surface area contributed by atoms with Crippen molar-refractivity contribution >= 4 is 39.0 Å². The highest BCUT2D eigenvalue weighted by molar-refractivity contribution is 7.88. The number of β-amino-alcohol motifs (C(OH)–C–C–N with tert-alkyl or cyclic N) is 1. The Morgan fingerprint density at radius 2 is 2.06 bits per heavy atom. The van der Waals surface area contributed by atoms with Gasteiger partial charge in [0.15, 0.2) is 0 Å². The molecule has 2 aromatic rings. The maximum absolute atomic E-state index is 14.8. The third-order valence-electron chi connectivity index (χ3n) is 6.27. The first-order valence-corrected chi connectivity index (χ1v) is 12.4. The van der Waals surface area contributed by atoms with Crippen molar-refractivity contribution in [3.05, 3.63) is 34.7 Å². The minimum Gasteiger partial charge on any atom is -0.390 e. The van der Waals surface area contributed by atoms with Gasteiger partial charge in [0, 0.05) is 29.8 Å². The second-order valence-corrected chi connectivity index (χ2v) is 11.2. The van der Waals surface area contributed by atoms with E-state index in [2.05, 4.69) is 20.3 Å². The van der Waals surface area contributed by atoms with E-state index >= 15 is 0 Å². The number of aliphatic imine (C=N–C) groups is 1. The van der Waals surface area contributed by atoms with Crippen molar-refractivity contribution in [1.82, 2.24) is 14.3 Å². The summed E-state index contributed by atoms with van der Waals surface area (Å²) in [5.41, 5.74) is 2.37. The molecule has 1 aromatic carbocycles. The van der Waals surface area contributed by atoms with Crippen LogP contribution in [-0.4, -0.2) is 65.0 Å². The van der Waals surface area contributed by atoms with Gasteiger partial charge in [-0.25, -0.2) is 22.8 Å². The molecular weight excluding hydrogens is 457 g/mol. The van der Waals surface area contributed by atoms with Crippen molar-refractivity contribution in [1.29, 1.82) is 0 Å². The summed E-state index contributed by atoms with van der Waals surface area (Å²) in [6.45, 7) is 6.11. The van der Waals surface area contributed by atoms with E-state index in [0.29, 0.717) is 23.4 Å². The van der Waals surface area contributed by atoms with Crippen molar-refractivity contribution in [2.75, 3.05) is 24.7 Å². The van der Waals surface area contributed by atoms with Crippen LogP contribution in [-0.2, 0) is 15.4 Å². The molecule has 0 radical (unpaired) electrons. The largest absolute Gasteiger partial charge is 0.390 e. The summed E-state index contributed by atoms with van der Waals surface area (Å²) in [4.78, 5) is 13.0. The van der Waals surface area contributed by atoms with E-state index in [0.717, 1.165) is 17.5 Å². The number of nitrogens with one attached hydrogen (secondary N) is 1. The molecule has 0 aliphatic carbocycles. The average molecular weight is 482 g/mol. The SMILES string of the molecule is CC1=Nc2c(F)cc(-c3nc(N[C@@H]4CCN(S(C)(=O)=O)C[C@H]4O)ncc3Cl)cc2C1(C)C. The highest BCUT2D eigenvalue weighted by Crippen LogP contribution is 2.44. The summed E-state index contributed by atoms with van der Waals surface area (Å²) >= 11 is 6.35. The van der Waals surface area contributed by atoms with Gasteiger partial charge in [-0.2, -0.15) is 4.31 Å². The normalized spacial score (nSPS) is 23.0. The van der Waals surface area contributed by atoms with Crippen LogP contribution in [0.3, 0.4) is 0 Å². The molecule has 2 atom stereocenters. The molecule has 8 nitrogen and oxygen atoms in total. The molecule has 0 amide bonds. The van der Waals surface area contributed by atoms with Crippen LogP contribution in [0.1, 0.15) is 32.8 Å². The fourth-order valence-electron chi connectivity index (χ4n) is 4.01. The van der Waals surface area contributed by atoms with E-state index in [1.807, 2.05) is 26.8 Å². The molecule has 172 valence electrons. The third kappa shape index (κ3) is 4.12. The summed E-state index contributed by atoms with van der Waals surface area (Å²) in [5.74, 6) is -0.232. The first-order chi connectivity index (χ1) is 14.9. The lowest BCUT2D eigenvalue weighted by molar-refractivity contribution is 0.0950. The Kier molecular flexibility index (Phi) is 5.77. The van der Waals surface area contributed by atoms with Crippen molar-refractivity contribution in [3.8, 4) is 11.3 Å². The van der Waals surface area contributed by atoms with Gasteiger partial charge in [-0.1, -0.05) is 25.4 Å². The predicted octanol–water partition coefficient (Wildman–Crippen LogP) is 3.13. The van der Waals surface area contributed by atoms with E-state index in [1.54, 1.807) is 0 Å². The van der Waals surface area contributed by atoms with Crippen LogP contribution in [0.2, 0.25) is 5.02 Å². The van der Waals surface area contributed by atoms with Gasteiger partial charge in [0.25, 0.3) is 0 Å². The molecule has 1 saturated heterocycles. The lowest BCUT2D eigenvalue weighted by Gasteiger charge is -2.34. The molecule has 2 aliphatic rings. The zero-order valence-corrected chi connectivity index (χ0v) is 19.8. The van der Waals surface area contributed by atoms with Crippen molar-refractivity contribution in [3.63, 3.8) is 0 Å². The van der Waals surface area contributed by atoms with Crippen molar-refractivity contribution in [2.45, 2.75) is 44.8 Å². The molecule has 4 rings (SSSR count). The number of piperidine rings is 1. The second-order valence-electron chi connectivity index (χ2n) is 8.79. The summed E-state index contributed by atoms with van der Waals surface area (Å²) < 4.78 is 39.5. The van der Waals surface area contributed by atoms with Crippen LogP contribution in [0.4, 0.5) is 16.0 Å². The molecule has 3 heterocycles. The molecule has 2 N–H and O–H groups in total. The van der Waals surface area contributed by atoms with Gasteiger partial charge < -0.3 is 10.4 Å². The summed E-state index contributed by atoms with van der Waals surface area (Å²) in [6.07, 6.45) is 1.99. The molecule has 0 saturated carbocycles. The zero-order chi connectivity index (χ0) is 23.4. The van der Waals surface area contributed by atoms with Gasteiger partial charge in [0.05, 0.1) is 35.3 Å². The molecule has 0 spiro atoms. The third-order valence-corrected chi connectivity index (χ3v) is 7.81. The van der Waals surface area contributed by atoms with E-state index in [4.69, 9.17) is 11.6 Å².